The van der Waals surface area contributed by atoms with Crippen LogP contribution in [0, 0.1) is 0 Å². The molecule has 0 saturated carbocycles. The first kappa shape index (κ1) is 30.9. The van der Waals surface area contributed by atoms with E-state index in [1.807, 2.05) is 36.4 Å². The topological polar surface area (TPSA) is 64.8 Å². The highest BCUT2D eigenvalue weighted by molar-refractivity contribution is 6.31. The summed E-state index contributed by atoms with van der Waals surface area (Å²) >= 11 is 6.39. The standard InChI is InChI=1S/C28H30ClF4N5O2.ClH/c29-19-5-8-22(18-3-6-20(7-4-18)36-12-10-35(11-13-36)17-25(30)31)24(14-19)37-9-1-2-21(16-37)38-26(27(32)33)23(15-34-38)28(39)40;/h3-8,14-15,21,25,27H,1-2,9-13,16-17H2,(H,39,40);1H. The summed E-state index contributed by atoms with van der Waals surface area (Å²) in [5.41, 5.74) is 2.70. The maximum Gasteiger partial charge on any atom is 0.339 e. The van der Waals surface area contributed by atoms with E-state index in [4.69, 9.17) is 11.6 Å². The fraction of sp³-hybridized carbons (Fsp3) is 0.429. The van der Waals surface area contributed by atoms with E-state index in [1.165, 1.54) is 4.68 Å². The highest BCUT2D eigenvalue weighted by Crippen LogP contribution is 2.38. The summed E-state index contributed by atoms with van der Waals surface area (Å²) in [7, 11) is 0. The monoisotopic (exact) mass is 615 g/mol. The van der Waals surface area contributed by atoms with E-state index in [2.05, 4.69) is 14.9 Å². The molecule has 2 fully saturated rings. The Hall–Kier alpha value is -3.02. The number of nitrogens with zero attached hydrogens (tertiary/aromatic N) is 5. The summed E-state index contributed by atoms with van der Waals surface area (Å²) in [6.07, 6.45) is -3.00. The summed E-state index contributed by atoms with van der Waals surface area (Å²) in [5.74, 6) is -1.43. The third kappa shape index (κ3) is 6.90. The second kappa shape index (κ2) is 13.3. The van der Waals surface area contributed by atoms with Crippen molar-refractivity contribution in [3.63, 3.8) is 0 Å². The number of benzene rings is 2. The molecule has 3 heterocycles. The summed E-state index contributed by atoms with van der Waals surface area (Å²) in [4.78, 5) is 17.5. The molecule has 13 heteroatoms. The van der Waals surface area contributed by atoms with Crippen molar-refractivity contribution in [1.82, 2.24) is 14.7 Å². The third-order valence-electron chi connectivity index (χ3n) is 7.63. The van der Waals surface area contributed by atoms with E-state index in [-0.39, 0.29) is 19.0 Å². The first-order chi connectivity index (χ1) is 19.2. The average Bonchev–Trinajstić information content (AvgIpc) is 3.40. The first-order valence-corrected chi connectivity index (χ1v) is 13.6. The number of piperidine rings is 1. The zero-order valence-corrected chi connectivity index (χ0v) is 23.7. The number of rotatable bonds is 8. The Balaban J connectivity index is 0.00000387. The van der Waals surface area contributed by atoms with Gasteiger partial charge < -0.3 is 14.9 Å². The molecular formula is C28H31Cl2F4N5O2. The maximum absolute atomic E-state index is 13.8. The second-order valence-corrected chi connectivity index (χ2v) is 10.6. The van der Waals surface area contributed by atoms with Gasteiger partial charge in [0.05, 0.1) is 18.8 Å². The van der Waals surface area contributed by atoms with Crippen molar-refractivity contribution in [2.24, 2.45) is 0 Å². The lowest BCUT2D eigenvalue weighted by molar-refractivity contribution is 0.0680. The van der Waals surface area contributed by atoms with Gasteiger partial charge in [0.15, 0.2) is 0 Å². The highest BCUT2D eigenvalue weighted by Gasteiger charge is 2.31. The Bertz CT molecular complexity index is 1330. The van der Waals surface area contributed by atoms with Crippen molar-refractivity contribution in [2.45, 2.75) is 31.7 Å². The quantitative estimate of drug-likeness (QED) is 0.292. The van der Waals surface area contributed by atoms with Gasteiger partial charge in [0, 0.05) is 61.2 Å². The van der Waals surface area contributed by atoms with Crippen LogP contribution in [0.25, 0.3) is 11.1 Å². The Labute approximate surface area is 246 Å². The summed E-state index contributed by atoms with van der Waals surface area (Å²) in [5, 5.41) is 13.9. The van der Waals surface area contributed by atoms with Crippen LogP contribution < -0.4 is 9.80 Å². The Morgan fingerprint density at radius 3 is 2.34 bits per heavy atom. The van der Waals surface area contributed by atoms with Crippen LogP contribution in [0.2, 0.25) is 5.02 Å². The van der Waals surface area contributed by atoms with E-state index in [9.17, 15) is 27.5 Å². The second-order valence-electron chi connectivity index (χ2n) is 10.1. The van der Waals surface area contributed by atoms with Crippen LogP contribution in [0.1, 0.15) is 41.4 Å². The molecule has 1 unspecified atom stereocenters. The Kier molecular flexibility index (Phi) is 10.0. The number of anilines is 2. The minimum atomic E-state index is -2.96. The molecule has 2 aliphatic rings. The molecule has 0 radical (unpaired) electrons. The number of carboxylic acid groups (broad SMARTS) is 1. The molecule has 1 aromatic heterocycles. The van der Waals surface area contributed by atoms with Gasteiger partial charge in [-0.25, -0.2) is 22.4 Å². The third-order valence-corrected chi connectivity index (χ3v) is 7.86. The molecule has 0 spiro atoms. The minimum absolute atomic E-state index is 0. The van der Waals surface area contributed by atoms with Crippen LogP contribution >= 0.6 is 24.0 Å². The number of aromatic carboxylic acids is 1. The predicted octanol–water partition coefficient (Wildman–Crippen LogP) is 6.49. The van der Waals surface area contributed by atoms with Crippen molar-refractivity contribution in [3.05, 3.63) is 64.9 Å². The van der Waals surface area contributed by atoms with Crippen molar-refractivity contribution in [3.8, 4) is 11.1 Å². The lowest BCUT2D eigenvalue weighted by atomic mass is 9.99. The zero-order chi connectivity index (χ0) is 28.4. The summed E-state index contributed by atoms with van der Waals surface area (Å²) < 4.78 is 54.3. The fourth-order valence-electron chi connectivity index (χ4n) is 5.66. The molecule has 1 atom stereocenters. The van der Waals surface area contributed by atoms with Crippen LogP contribution in [-0.4, -0.2) is 78.0 Å². The van der Waals surface area contributed by atoms with Crippen LogP contribution in [-0.2, 0) is 0 Å². The normalized spacial score (nSPS) is 18.2. The lowest BCUT2D eigenvalue weighted by Crippen LogP contribution is -2.47. The van der Waals surface area contributed by atoms with Gasteiger partial charge in [0.2, 0.25) is 0 Å². The Morgan fingerprint density at radius 1 is 1.00 bits per heavy atom. The number of piperazine rings is 1. The van der Waals surface area contributed by atoms with Gasteiger partial charge in [-0.1, -0.05) is 29.8 Å². The maximum atomic E-state index is 13.8. The number of alkyl halides is 4. The van der Waals surface area contributed by atoms with E-state index >= 15 is 0 Å². The Morgan fingerprint density at radius 2 is 1.71 bits per heavy atom. The minimum Gasteiger partial charge on any atom is -0.478 e. The molecule has 1 N–H and O–H groups in total. The van der Waals surface area contributed by atoms with Crippen molar-refractivity contribution in [2.75, 3.05) is 55.6 Å². The van der Waals surface area contributed by atoms with E-state index in [0.717, 1.165) is 28.7 Å². The number of aromatic nitrogens is 2. The van der Waals surface area contributed by atoms with Crippen LogP contribution in [0.5, 0.6) is 0 Å². The summed E-state index contributed by atoms with van der Waals surface area (Å²) in [6.45, 7) is 3.36. The molecule has 0 amide bonds. The summed E-state index contributed by atoms with van der Waals surface area (Å²) in [6, 6.07) is 13.2. The van der Waals surface area contributed by atoms with Gasteiger partial charge in [-0.05, 0) is 42.7 Å². The first-order valence-electron chi connectivity index (χ1n) is 13.2. The molecule has 2 saturated heterocycles. The fourth-order valence-corrected chi connectivity index (χ4v) is 5.83. The zero-order valence-electron chi connectivity index (χ0n) is 22.1. The van der Waals surface area contributed by atoms with Crippen molar-refractivity contribution < 1.29 is 27.5 Å². The van der Waals surface area contributed by atoms with Crippen molar-refractivity contribution >= 4 is 41.4 Å². The number of carbonyl (C=O) groups is 1. The number of hydrogen-bond donors (Lipinski definition) is 1. The molecule has 5 rings (SSSR count). The molecule has 0 bridgehead atoms. The van der Waals surface area contributed by atoms with Crippen LogP contribution in [0.3, 0.4) is 0 Å². The van der Waals surface area contributed by atoms with Gasteiger partial charge in [0.25, 0.3) is 12.9 Å². The van der Waals surface area contributed by atoms with Gasteiger partial charge in [-0.2, -0.15) is 5.10 Å². The van der Waals surface area contributed by atoms with Crippen LogP contribution in [0.4, 0.5) is 28.9 Å². The number of carboxylic acids is 1. The molecule has 7 nitrogen and oxygen atoms in total. The number of hydrogen-bond acceptors (Lipinski definition) is 5. The molecule has 2 aliphatic heterocycles. The van der Waals surface area contributed by atoms with E-state index in [0.29, 0.717) is 57.1 Å². The van der Waals surface area contributed by atoms with Gasteiger partial charge in [-0.15, -0.1) is 12.4 Å². The van der Waals surface area contributed by atoms with Crippen LogP contribution in [0.15, 0.2) is 48.7 Å². The number of halogens is 6. The molecular weight excluding hydrogens is 585 g/mol. The largest absolute Gasteiger partial charge is 0.478 e. The SMILES string of the molecule is Cl.O=C(O)c1cnn(C2CCCN(c3cc(Cl)ccc3-c3ccc(N4CCN(CC(F)F)CC4)cc3)C2)c1C(F)F. The lowest BCUT2D eigenvalue weighted by Gasteiger charge is -2.36. The highest BCUT2D eigenvalue weighted by atomic mass is 35.5. The molecule has 222 valence electrons. The molecule has 2 aromatic carbocycles. The molecule has 3 aromatic rings. The van der Waals surface area contributed by atoms with E-state index in [1.54, 1.807) is 11.0 Å². The van der Waals surface area contributed by atoms with Gasteiger partial charge in [-0.3, -0.25) is 9.58 Å². The van der Waals surface area contributed by atoms with E-state index < -0.39 is 36.1 Å². The smallest absolute Gasteiger partial charge is 0.339 e. The van der Waals surface area contributed by atoms with Crippen molar-refractivity contribution in [1.29, 1.82) is 0 Å². The molecule has 0 aliphatic carbocycles. The molecule has 41 heavy (non-hydrogen) atoms. The predicted molar refractivity (Wildman–Crippen MR) is 153 cm³/mol. The van der Waals surface area contributed by atoms with Gasteiger partial charge >= 0.3 is 5.97 Å². The van der Waals surface area contributed by atoms with Gasteiger partial charge in [0.1, 0.15) is 11.3 Å². The average molecular weight is 616 g/mol.